The summed E-state index contributed by atoms with van der Waals surface area (Å²) in [6, 6.07) is 2.08. The third-order valence-electron chi connectivity index (χ3n) is 4.37. The number of hydrogen-bond donors (Lipinski definition) is 1. The van der Waals surface area contributed by atoms with E-state index in [1.807, 2.05) is 6.20 Å². The fourth-order valence-corrected chi connectivity index (χ4v) is 3.74. The van der Waals surface area contributed by atoms with Gasteiger partial charge in [-0.1, -0.05) is 6.92 Å². The summed E-state index contributed by atoms with van der Waals surface area (Å²) in [6.45, 7) is 7.08. The number of pyridine rings is 1. The van der Waals surface area contributed by atoms with Crippen LogP contribution in [0.3, 0.4) is 0 Å². The zero-order chi connectivity index (χ0) is 16.4. The lowest BCUT2D eigenvalue weighted by molar-refractivity contribution is 0.270. The minimum Gasteiger partial charge on any atom is -0.370 e. The number of nitrogens with two attached hydrogens (primary N) is 1. The lowest BCUT2D eigenvalue weighted by atomic mass is 10.0. The summed E-state index contributed by atoms with van der Waals surface area (Å²) in [5, 5.41) is 0. The SMILES string of the molecule is Cc1cc(Br)cn2cc(CCN=C(N)N3CCCC(C)C3)nc12.I. The van der Waals surface area contributed by atoms with E-state index in [-0.39, 0.29) is 24.0 Å². The summed E-state index contributed by atoms with van der Waals surface area (Å²) in [7, 11) is 0. The Kier molecular flexibility index (Phi) is 6.91. The molecule has 0 radical (unpaired) electrons. The number of halogens is 2. The van der Waals surface area contributed by atoms with Crippen LogP contribution in [-0.4, -0.2) is 39.9 Å². The van der Waals surface area contributed by atoms with Crippen LogP contribution < -0.4 is 5.73 Å². The second kappa shape index (κ2) is 8.51. The van der Waals surface area contributed by atoms with Crippen molar-refractivity contribution < 1.29 is 0 Å². The van der Waals surface area contributed by atoms with E-state index in [9.17, 15) is 0 Å². The zero-order valence-corrected chi connectivity index (χ0v) is 18.1. The van der Waals surface area contributed by atoms with Crippen LogP contribution in [0.5, 0.6) is 0 Å². The fraction of sp³-hybridized carbons (Fsp3) is 0.529. The number of piperidine rings is 1. The normalized spacial score (nSPS) is 18.7. The molecular formula is C17H25BrIN5. The number of rotatable bonds is 3. The molecule has 0 aliphatic carbocycles. The van der Waals surface area contributed by atoms with Gasteiger partial charge in [0.15, 0.2) is 5.96 Å². The molecule has 3 heterocycles. The Morgan fingerprint density at radius 2 is 2.25 bits per heavy atom. The highest BCUT2D eigenvalue weighted by atomic mass is 127. The highest BCUT2D eigenvalue weighted by Crippen LogP contribution is 2.18. The first kappa shape index (κ1) is 19.5. The first-order valence-electron chi connectivity index (χ1n) is 8.21. The third kappa shape index (κ3) is 4.62. The third-order valence-corrected chi connectivity index (χ3v) is 4.81. The minimum absolute atomic E-state index is 0. The Bertz CT molecular complexity index is 727. The molecule has 24 heavy (non-hydrogen) atoms. The molecule has 2 aromatic heterocycles. The number of hydrogen-bond acceptors (Lipinski definition) is 2. The van der Waals surface area contributed by atoms with Crippen molar-refractivity contribution in [2.75, 3.05) is 19.6 Å². The molecule has 2 aromatic rings. The van der Waals surface area contributed by atoms with Crippen molar-refractivity contribution in [3.8, 4) is 0 Å². The summed E-state index contributed by atoms with van der Waals surface area (Å²) >= 11 is 3.52. The molecule has 1 aliphatic rings. The average molecular weight is 506 g/mol. The number of nitrogens with zero attached hydrogens (tertiary/aromatic N) is 4. The lowest BCUT2D eigenvalue weighted by Crippen LogP contribution is -2.43. The number of imidazole rings is 1. The van der Waals surface area contributed by atoms with Crippen molar-refractivity contribution in [1.29, 1.82) is 0 Å². The highest BCUT2D eigenvalue weighted by Gasteiger charge is 2.17. The Labute approximate surface area is 168 Å². The zero-order valence-electron chi connectivity index (χ0n) is 14.2. The van der Waals surface area contributed by atoms with Gasteiger partial charge in [0.1, 0.15) is 5.65 Å². The summed E-state index contributed by atoms with van der Waals surface area (Å²) in [4.78, 5) is 11.5. The molecule has 0 amide bonds. The van der Waals surface area contributed by atoms with Crippen LogP contribution in [0.4, 0.5) is 0 Å². The highest BCUT2D eigenvalue weighted by molar-refractivity contribution is 14.0. The Morgan fingerprint density at radius 3 is 3.00 bits per heavy atom. The molecule has 5 nitrogen and oxygen atoms in total. The smallest absolute Gasteiger partial charge is 0.191 e. The van der Waals surface area contributed by atoms with Crippen LogP contribution in [0, 0.1) is 12.8 Å². The van der Waals surface area contributed by atoms with Gasteiger partial charge in [-0.05, 0) is 53.2 Å². The van der Waals surface area contributed by atoms with Gasteiger partial charge >= 0.3 is 0 Å². The van der Waals surface area contributed by atoms with Gasteiger partial charge in [-0.25, -0.2) is 4.98 Å². The largest absolute Gasteiger partial charge is 0.370 e. The van der Waals surface area contributed by atoms with E-state index >= 15 is 0 Å². The molecule has 1 unspecified atom stereocenters. The topological polar surface area (TPSA) is 58.9 Å². The molecule has 0 aromatic carbocycles. The van der Waals surface area contributed by atoms with E-state index in [1.54, 1.807) is 0 Å². The molecule has 0 bridgehead atoms. The summed E-state index contributed by atoms with van der Waals surface area (Å²) < 4.78 is 3.13. The van der Waals surface area contributed by atoms with E-state index in [4.69, 9.17) is 10.7 Å². The summed E-state index contributed by atoms with van der Waals surface area (Å²) in [6.07, 6.45) is 7.41. The maximum atomic E-state index is 6.14. The number of aryl methyl sites for hydroxylation is 1. The van der Waals surface area contributed by atoms with Crippen molar-refractivity contribution in [3.63, 3.8) is 0 Å². The van der Waals surface area contributed by atoms with Crippen LogP contribution in [0.15, 0.2) is 27.9 Å². The Balaban J connectivity index is 0.00000208. The molecule has 0 saturated carbocycles. The molecule has 132 valence electrons. The van der Waals surface area contributed by atoms with Crippen molar-refractivity contribution in [1.82, 2.24) is 14.3 Å². The number of likely N-dealkylation sites (tertiary alicyclic amines) is 1. The van der Waals surface area contributed by atoms with Gasteiger partial charge < -0.3 is 15.0 Å². The van der Waals surface area contributed by atoms with Gasteiger partial charge in [0.25, 0.3) is 0 Å². The van der Waals surface area contributed by atoms with Gasteiger partial charge in [-0.15, -0.1) is 24.0 Å². The van der Waals surface area contributed by atoms with Crippen molar-refractivity contribution in [2.24, 2.45) is 16.6 Å². The molecule has 7 heteroatoms. The average Bonchev–Trinajstić information content (AvgIpc) is 2.90. The van der Waals surface area contributed by atoms with Gasteiger partial charge in [0, 0.05) is 42.9 Å². The molecule has 1 aliphatic heterocycles. The standard InChI is InChI=1S/C17H24BrN5.HI/c1-12-4-3-7-22(9-12)17(19)20-6-5-15-11-23-10-14(18)8-13(2)16(23)21-15;/h8,10-12H,3-7,9H2,1-2H3,(H2,19,20);1H. The molecular weight excluding hydrogens is 481 g/mol. The first-order valence-corrected chi connectivity index (χ1v) is 9.01. The molecule has 1 fully saturated rings. The minimum atomic E-state index is 0. The molecule has 3 rings (SSSR count). The van der Waals surface area contributed by atoms with Crippen LogP contribution in [0.25, 0.3) is 5.65 Å². The quantitative estimate of drug-likeness (QED) is 0.394. The van der Waals surface area contributed by atoms with Crippen LogP contribution >= 0.6 is 39.9 Å². The maximum absolute atomic E-state index is 6.14. The number of guanidine groups is 1. The lowest BCUT2D eigenvalue weighted by Gasteiger charge is -2.31. The molecule has 1 saturated heterocycles. The second-order valence-electron chi connectivity index (χ2n) is 6.49. The van der Waals surface area contributed by atoms with Crippen LogP contribution in [0.2, 0.25) is 0 Å². The number of aliphatic imine (C=N–C) groups is 1. The van der Waals surface area contributed by atoms with Crippen LogP contribution in [-0.2, 0) is 6.42 Å². The van der Waals surface area contributed by atoms with Gasteiger partial charge in [-0.3, -0.25) is 4.99 Å². The van der Waals surface area contributed by atoms with Gasteiger partial charge in [0.05, 0.1) is 5.69 Å². The molecule has 1 atom stereocenters. The van der Waals surface area contributed by atoms with E-state index < -0.39 is 0 Å². The predicted molar refractivity (Wildman–Crippen MR) is 113 cm³/mol. The van der Waals surface area contributed by atoms with Crippen molar-refractivity contribution in [2.45, 2.75) is 33.1 Å². The monoisotopic (exact) mass is 505 g/mol. The van der Waals surface area contributed by atoms with Crippen LogP contribution in [0.1, 0.15) is 31.0 Å². The number of fused-ring (bicyclic) bond motifs is 1. The maximum Gasteiger partial charge on any atom is 0.191 e. The first-order chi connectivity index (χ1) is 11.0. The van der Waals surface area contributed by atoms with Gasteiger partial charge in [0.2, 0.25) is 0 Å². The van der Waals surface area contributed by atoms with Crippen molar-refractivity contribution in [3.05, 3.63) is 34.2 Å². The molecule has 2 N–H and O–H groups in total. The predicted octanol–water partition coefficient (Wildman–Crippen LogP) is 3.61. The molecule has 0 spiro atoms. The van der Waals surface area contributed by atoms with E-state index in [2.05, 4.69) is 56.3 Å². The van der Waals surface area contributed by atoms with E-state index in [0.717, 1.165) is 40.9 Å². The van der Waals surface area contributed by atoms with E-state index in [1.165, 1.54) is 12.8 Å². The second-order valence-corrected chi connectivity index (χ2v) is 7.40. The summed E-state index contributed by atoms with van der Waals surface area (Å²) in [5.74, 6) is 1.39. The van der Waals surface area contributed by atoms with E-state index in [0.29, 0.717) is 18.4 Å². The van der Waals surface area contributed by atoms with Crippen molar-refractivity contribution >= 4 is 51.5 Å². The summed E-state index contributed by atoms with van der Waals surface area (Å²) in [5.41, 5.74) is 9.36. The Hall–Kier alpha value is -0.830. The Morgan fingerprint density at radius 1 is 1.46 bits per heavy atom. The fourth-order valence-electron chi connectivity index (χ4n) is 3.18. The number of aromatic nitrogens is 2. The van der Waals surface area contributed by atoms with Gasteiger partial charge in [-0.2, -0.15) is 0 Å².